The van der Waals surface area contributed by atoms with Crippen LogP contribution in [0.1, 0.15) is 31.0 Å². The van der Waals surface area contributed by atoms with Crippen molar-refractivity contribution in [1.29, 1.82) is 0 Å². The van der Waals surface area contributed by atoms with Crippen molar-refractivity contribution in [1.82, 2.24) is 4.90 Å². The van der Waals surface area contributed by atoms with E-state index in [1.165, 1.54) is 0 Å². The number of hydrogen-bond acceptors (Lipinski definition) is 3. The molecule has 0 saturated carbocycles. The molecule has 0 fully saturated rings. The monoisotopic (exact) mass is 353 g/mol. The average molecular weight is 353 g/mol. The van der Waals surface area contributed by atoms with Crippen molar-refractivity contribution in [3.8, 4) is 11.5 Å². The number of methoxy groups -OCH3 is 2. The van der Waals surface area contributed by atoms with E-state index in [9.17, 15) is 4.79 Å². The summed E-state index contributed by atoms with van der Waals surface area (Å²) in [6, 6.07) is 16.2. The first-order chi connectivity index (χ1) is 12.5. The van der Waals surface area contributed by atoms with E-state index in [1.54, 1.807) is 21.1 Å². The predicted molar refractivity (Wildman–Crippen MR) is 101 cm³/mol. The van der Waals surface area contributed by atoms with Crippen molar-refractivity contribution in [2.45, 2.75) is 19.9 Å². The molecular formula is C21H25N2O3+. The molecule has 2 aromatic carbocycles. The molecule has 0 N–H and O–H groups in total. The molecule has 1 amide bonds. The molecule has 0 bridgehead atoms. The summed E-state index contributed by atoms with van der Waals surface area (Å²) >= 11 is 0. The smallest absolute Gasteiger partial charge is 0.306 e. The fraction of sp³-hybridized carbons (Fsp3) is 0.333. The molecule has 0 aliphatic carbocycles. The molecule has 5 nitrogen and oxygen atoms in total. The number of amides is 1. The number of rotatable bonds is 5. The Morgan fingerprint density at radius 1 is 0.962 bits per heavy atom. The van der Waals surface area contributed by atoms with Crippen molar-refractivity contribution in [2.24, 2.45) is 0 Å². The number of carbonyl (C=O) groups excluding carboxylic acids is 1. The third kappa shape index (κ3) is 3.43. The van der Waals surface area contributed by atoms with Gasteiger partial charge >= 0.3 is 5.91 Å². The van der Waals surface area contributed by atoms with Gasteiger partial charge in [-0.1, -0.05) is 24.3 Å². The summed E-state index contributed by atoms with van der Waals surface area (Å²) in [5.74, 6) is 2.71. The van der Waals surface area contributed by atoms with E-state index in [2.05, 4.69) is 28.8 Å². The summed E-state index contributed by atoms with van der Waals surface area (Å²) in [7, 11) is 3.33. The zero-order valence-corrected chi connectivity index (χ0v) is 15.7. The van der Waals surface area contributed by atoms with Crippen molar-refractivity contribution in [2.75, 3.05) is 27.3 Å². The molecule has 0 saturated heterocycles. The molecule has 3 rings (SSSR count). The van der Waals surface area contributed by atoms with E-state index in [1.807, 2.05) is 36.1 Å². The van der Waals surface area contributed by atoms with Gasteiger partial charge in [0.25, 0.3) is 5.84 Å². The van der Waals surface area contributed by atoms with Crippen LogP contribution in [0, 0.1) is 0 Å². The Morgan fingerprint density at radius 3 is 1.77 bits per heavy atom. The van der Waals surface area contributed by atoms with Gasteiger partial charge in [0.1, 0.15) is 30.6 Å². The van der Waals surface area contributed by atoms with E-state index >= 15 is 0 Å². The van der Waals surface area contributed by atoms with Crippen LogP contribution >= 0.6 is 0 Å². The molecule has 2 aromatic rings. The van der Waals surface area contributed by atoms with Gasteiger partial charge in [-0.3, -0.25) is 4.58 Å². The number of hydrogen-bond donors (Lipinski definition) is 0. The summed E-state index contributed by atoms with van der Waals surface area (Å²) < 4.78 is 12.9. The lowest BCUT2D eigenvalue weighted by Crippen LogP contribution is -2.32. The van der Waals surface area contributed by atoms with Gasteiger partial charge in [-0.05, 0) is 24.3 Å². The molecule has 0 aromatic heterocycles. The lowest BCUT2D eigenvalue weighted by Gasteiger charge is -2.19. The number of nitrogens with zero attached hydrogens (tertiary/aromatic N) is 2. The Kier molecular flexibility index (Phi) is 5.26. The highest BCUT2D eigenvalue weighted by molar-refractivity contribution is 5.94. The van der Waals surface area contributed by atoms with Gasteiger partial charge in [0.05, 0.1) is 14.2 Å². The van der Waals surface area contributed by atoms with Gasteiger partial charge in [-0.2, -0.15) is 4.90 Å². The summed E-state index contributed by atoms with van der Waals surface area (Å²) in [6.07, 6.45) is 0. The van der Waals surface area contributed by atoms with Crippen molar-refractivity contribution in [3.05, 3.63) is 59.7 Å². The molecule has 0 atom stereocenters. The fourth-order valence-corrected chi connectivity index (χ4v) is 3.51. The summed E-state index contributed by atoms with van der Waals surface area (Å²) in [5.41, 5.74) is 2.31. The maximum Gasteiger partial charge on any atom is 0.306 e. The minimum atomic E-state index is 0.0242. The average Bonchev–Trinajstić information content (AvgIpc) is 3.04. The summed E-state index contributed by atoms with van der Waals surface area (Å²) in [5, 5.41) is 0. The Labute approximate surface area is 154 Å². The largest absolute Gasteiger partial charge is 0.497 e. The minimum Gasteiger partial charge on any atom is -0.497 e. The van der Waals surface area contributed by atoms with Crippen LogP contribution in [0.2, 0.25) is 0 Å². The molecule has 26 heavy (non-hydrogen) atoms. The highest BCUT2D eigenvalue weighted by Crippen LogP contribution is 2.30. The summed E-state index contributed by atoms with van der Waals surface area (Å²) in [6.45, 7) is 5.13. The van der Waals surface area contributed by atoms with Crippen LogP contribution in [0.5, 0.6) is 11.5 Å². The normalized spacial score (nSPS) is 14.1. The van der Waals surface area contributed by atoms with Crippen LogP contribution in [0.3, 0.4) is 0 Å². The zero-order chi connectivity index (χ0) is 18.7. The first-order valence-corrected chi connectivity index (χ1v) is 8.71. The first-order valence-electron chi connectivity index (χ1n) is 8.71. The van der Waals surface area contributed by atoms with Crippen LogP contribution in [0.4, 0.5) is 0 Å². The van der Waals surface area contributed by atoms with Gasteiger partial charge in [0, 0.05) is 25.0 Å². The third-order valence-electron chi connectivity index (χ3n) is 4.93. The molecule has 1 aliphatic heterocycles. The minimum absolute atomic E-state index is 0.0242. The van der Waals surface area contributed by atoms with Crippen molar-refractivity contribution < 1.29 is 18.8 Å². The number of benzene rings is 2. The molecule has 0 radical (unpaired) electrons. The van der Waals surface area contributed by atoms with Crippen LogP contribution in [0.15, 0.2) is 48.5 Å². The maximum absolute atomic E-state index is 11.9. The molecule has 1 heterocycles. The number of ether oxygens (including phenoxy) is 2. The van der Waals surface area contributed by atoms with Crippen LogP contribution in [-0.2, 0) is 4.79 Å². The Balaban J connectivity index is 2.07. The topological polar surface area (TPSA) is 41.8 Å². The second-order valence-electron chi connectivity index (χ2n) is 6.36. The highest BCUT2D eigenvalue weighted by Gasteiger charge is 2.35. The first kappa shape index (κ1) is 18.0. The van der Waals surface area contributed by atoms with Crippen LogP contribution < -0.4 is 9.47 Å². The third-order valence-corrected chi connectivity index (χ3v) is 4.93. The van der Waals surface area contributed by atoms with E-state index in [0.717, 1.165) is 35.0 Å². The van der Waals surface area contributed by atoms with E-state index < -0.39 is 0 Å². The molecule has 136 valence electrons. The molecule has 1 aliphatic rings. The van der Waals surface area contributed by atoms with Gasteiger partial charge in [-0.15, -0.1) is 0 Å². The van der Waals surface area contributed by atoms with Crippen LogP contribution in [0.25, 0.3) is 0 Å². The van der Waals surface area contributed by atoms with E-state index in [4.69, 9.17) is 9.47 Å². The Hall–Kier alpha value is -2.82. The second kappa shape index (κ2) is 7.60. The van der Waals surface area contributed by atoms with Gasteiger partial charge in [0.2, 0.25) is 0 Å². The lowest BCUT2D eigenvalue weighted by molar-refractivity contribution is -0.553. The lowest BCUT2D eigenvalue weighted by atomic mass is 9.97. The van der Waals surface area contributed by atoms with E-state index in [-0.39, 0.29) is 11.9 Å². The van der Waals surface area contributed by atoms with Gasteiger partial charge in [-0.25, -0.2) is 4.79 Å². The zero-order valence-electron chi connectivity index (χ0n) is 15.7. The summed E-state index contributed by atoms with van der Waals surface area (Å²) in [4.78, 5) is 13.7. The van der Waals surface area contributed by atoms with Gasteiger partial charge < -0.3 is 9.47 Å². The predicted octanol–water partition coefficient (Wildman–Crippen LogP) is 3.09. The standard InChI is InChI=1S/C21H25N2O3/c1-15-22(16(2)24)13-14-23(15)21(17-5-9-19(25-3)10-6-17)18-7-11-20(26-4)12-8-18/h5-12,21H,13-14H2,1-4H3/q+1. The molecule has 0 spiro atoms. The molecular weight excluding hydrogens is 328 g/mol. The number of amidine groups is 1. The van der Waals surface area contributed by atoms with Crippen LogP contribution in [-0.4, -0.2) is 48.5 Å². The Morgan fingerprint density at radius 2 is 1.42 bits per heavy atom. The van der Waals surface area contributed by atoms with Gasteiger partial charge in [0.15, 0.2) is 0 Å². The van der Waals surface area contributed by atoms with E-state index in [0.29, 0.717) is 6.54 Å². The second-order valence-corrected chi connectivity index (χ2v) is 6.36. The SMILES string of the molecule is COc1ccc(C(c2ccc(OC)cc2)[N+]2=C(C)N(C(C)=O)CC2)cc1. The maximum atomic E-state index is 11.9. The quantitative estimate of drug-likeness (QED) is 0.776. The van der Waals surface area contributed by atoms with Crippen molar-refractivity contribution >= 4 is 11.7 Å². The molecule has 5 heteroatoms. The Bertz CT molecular complexity index is 763. The molecule has 0 unspecified atom stereocenters. The number of carbonyl (C=O) groups is 1. The highest BCUT2D eigenvalue weighted by atomic mass is 16.5. The fourth-order valence-electron chi connectivity index (χ4n) is 3.51. The van der Waals surface area contributed by atoms with Crippen molar-refractivity contribution in [3.63, 3.8) is 0 Å².